The van der Waals surface area contributed by atoms with E-state index in [1.165, 1.54) is 25.8 Å². The lowest BCUT2D eigenvalue weighted by Crippen LogP contribution is -2.42. The van der Waals surface area contributed by atoms with Crippen LogP contribution in [-0.4, -0.2) is 37.2 Å². The van der Waals surface area contributed by atoms with Crippen molar-refractivity contribution >= 4 is 0 Å². The third kappa shape index (κ3) is 3.11. The van der Waals surface area contributed by atoms with Crippen LogP contribution < -0.4 is 0 Å². The lowest BCUT2D eigenvalue weighted by molar-refractivity contribution is -0.0310. The zero-order chi connectivity index (χ0) is 8.81. The van der Waals surface area contributed by atoms with Crippen LogP contribution in [0.5, 0.6) is 0 Å². The maximum Gasteiger partial charge on any atom is 0.0702 e. The second-order valence-corrected chi connectivity index (χ2v) is 3.53. The number of ether oxygens (including phenoxy) is 1. The number of nitrogens with zero attached hydrogens (tertiary/aromatic N) is 1. The van der Waals surface area contributed by atoms with Crippen molar-refractivity contribution in [2.45, 2.75) is 39.2 Å². The number of rotatable bonds is 4. The molecule has 0 aliphatic carbocycles. The summed E-state index contributed by atoms with van der Waals surface area (Å²) in [6.45, 7) is 8.84. The molecule has 1 atom stereocenters. The quantitative estimate of drug-likeness (QED) is 0.640. The van der Waals surface area contributed by atoms with Crippen molar-refractivity contribution in [2.24, 2.45) is 0 Å². The van der Waals surface area contributed by atoms with Gasteiger partial charge in [0, 0.05) is 13.1 Å². The molecule has 0 N–H and O–H groups in total. The molecule has 0 aromatic rings. The second kappa shape index (κ2) is 5.55. The topological polar surface area (TPSA) is 12.5 Å². The third-order valence-electron chi connectivity index (χ3n) is 2.55. The smallest absolute Gasteiger partial charge is 0.0702 e. The molecule has 12 heavy (non-hydrogen) atoms. The summed E-state index contributed by atoms with van der Waals surface area (Å²) < 4.78 is 5.67. The first-order chi connectivity index (χ1) is 5.86. The molecule has 1 fully saturated rings. The highest BCUT2D eigenvalue weighted by Crippen LogP contribution is 2.10. The van der Waals surface area contributed by atoms with Gasteiger partial charge in [0.1, 0.15) is 0 Å². The summed E-state index contributed by atoms with van der Waals surface area (Å²) >= 11 is 0. The Labute approximate surface area is 75.9 Å². The van der Waals surface area contributed by atoms with E-state index in [2.05, 4.69) is 18.7 Å². The molecule has 1 aliphatic rings. The van der Waals surface area contributed by atoms with E-state index in [4.69, 9.17) is 4.74 Å². The van der Waals surface area contributed by atoms with E-state index in [1.807, 2.05) is 0 Å². The van der Waals surface area contributed by atoms with Gasteiger partial charge in [-0.2, -0.15) is 0 Å². The minimum absolute atomic E-state index is 0.513. The average Bonchev–Trinajstić information content (AvgIpc) is 2.15. The van der Waals surface area contributed by atoms with Crippen molar-refractivity contribution < 1.29 is 4.74 Å². The summed E-state index contributed by atoms with van der Waals surface area (Å²) in [5, 5.41) is 0. The summed E-state index contributed by atoms with van der Waals surface area (Å²) in [5.74, 6) is 0. The lowest BCUT2D eigenvalue weighted by atomic mass is 10.1. The van der Waals surface area contributed by atoms with Crippen molar-refractivity contribution in [1.29, 1.82) is 0 Å². The van der Waals surface area contributed by atoms with E-state index >= 15 is 0 Å². The maximum absolute atomic E-state index is 5.67. The Balaban J connectivity index is 2.16. The summed E-state index contributed by atoms with van der Waals surface area (Å²) in [7, 11) is 0. The van der Waals surface area contributed by atoms with Crippen LogP contribution in [0.15, 0.2) is 0 Å². The highest BCUT2D eigenvalue weighted by molar-refractivity contribution is 4.69. The van der Waals surface area contributed by atoms with Crippen molar-refractivity contribution in [3.05, 3.63) is 0 Å². The summed E-state index contributed by atoms with van der Waals surface area (Å²) in [4.78, 5) is 2.48. The minimum atomic E-state index is 0.513. The van der Waals surface area contributed by atoms with E-state index in [-0.39, 0.29) is 0 Å². The van der Waals surface area contributed by atoms with E-state index in [1.54, 1.807) is 0 Å². The number of unbranched alkanes of at least 4 members (excludes halogenated alkanes) is 1. The van der Waals surface area contributed by atoms with Gasteiger partial charge in [-0.1, -0.05) is 26.7 Å². The van der Waals surface area contributed by atoms with Gasteiger partial charge in [0.15, 0.2) is 0 Å². The van der Waals surface area contributed by atoms with Crippen LogP contribution in [0, 0.1) is 0 Å². The van der Waals surface area contributed by atoms with Crippen LogP contribution in [0.3, 0.4) is 0 Å². The second-order valence-electron chi connectivity index (χ2n) is 3.53. The number of hydrogen-bond donors (Lipinski definition) is 0. The summed E-state index contributed by atoms with van der Waals surface area (Å²) in [6, 6.07) is 0. The standard InChI is InChI=1S/C10H21NO/c1-3-5-6-10-9-11(4-2)7-8-12-10/h10H,3-9H2,1-2H3. The van der Waals surface area contributed by atoms with Crippen molar-refractivity contribution in [3.8, 4) is 0 Å². The molecule has 1 rings (SSSR count). The van der Waals surface area contributed by atoms with Crippen LogP contribution in [0.1, 0.15) is 33.1 Å². The fourth-order valence-corrected chi connectivity index (χ4v) is 1.67. The van der Waals surface area contributed by atoms with Crippen LogP contribution >= 0.6 is 0 Å². The monoisotopic (exact) mass is 171 g/mol. The Morgan fingerprint density at radius 2 is 2.25 bits per heavy atom. The van der Waals surface area contributed by atoms with Gasteiger partial charge in [0.25, 0.3) is 0 Å². The maximum atomic E-state index is 5.67. The molecule has 0 amide bonds. The van der Waals surface area contributed by atoms with Gasteiger partial charge in [0.2, 0.25) is 0 Å². The normalized spacial score (nSPS) is 26.0. The van der Waals surface area contributed by atoms with Gasteiger partial charge in [0.05, 0.1) is 12.7 Å². The summed E-state index contributed by atoms with van der Waals surface area (Å²) in [6.07, 6.45) is 4.35. The highest BCUT2D eigenvalue weighted by Gasteiger charge is 2.17. The molecule has 1 aliphatic heterocycles. The number of hydrogen-bond acceptors (Lipinski definition) is 2. The molecule has 0 spiro atoms. The molecule has 0 aromatic carbocycles. The van der Waals surface area contributed by atoms with Gasteiger partial charge >= 0.3 is 0 Å². The first kappa shape index (κ1) is 10.0. The van der Waals surface area contributed by atoms with E-state index < -0.39 is 0 Å². The van der Waals surface area contributed by atoms with Gasteiger partial charge < -0.3 is 4.74 Å². The molecule has 0 saturated carbocycles. The predicted octanol–water partition coefficient (Wildman–Crippen LogP) is 1.90. The molecule has 0 bridgehead atoms. The first-order valence-electron chi connectivity index (χ1n) is 5.20. The van der Waals surface area contributed by atoms with Crippen LogP contribution in [0.4, 0.5) is 0 Å². The Bertz CT molecular complexity index is 116. The van der Waals surface area contributed by atoms with Crippen LogP contribution in [-0.2, 0) is 4.74 Å². The Hall–Kier alpha value is -0.0800. The van der Waals surface area contributed by atoms with E-state index in [9.17, 15) is 0 Å². The Morgan fingerprint density at radius 3 is 2.92 bits per heavy atom. The van der Waals surface area contributed by atoms with Crippen LogP contribution in [0.2, 0.25) is 0 Å². The van der Waals surface area contributed by atoms with Gasteiger partial charge in [-0.15, -0.1) is 0 Å². The van der Waals surface area contributed by atoms with Crippen LogP contribution in [0.25, 0.3) is 0 Å². The Kier molecular flexibility index (Phi) is 4.62. The molecule has 2 heteroatoms. The van der Waals surface area contributed by atoms with Gasteiger partial charge in [-0.05, 0) is 13.0 Å². The van der Waals surface area contributed by atoms with Gasteiger partial charge in [-0.3, -0.25) is 4.90 Å². The zero-order valence-corrected chi connectivity index (χ0v) is 8.38. The number of likely N-dealkylation sites (N-methyl/N-ethyl adjacent to an activating group) is 1. The fourth-order valence-electron chi connectivity index (χ4n) is 1.67. The highest BCUT2D eigenvalue weighted by atomic mass is 16.5. The largest absolute Gasteiger partial charge is 0.376 e. The van der Waals surface area contributed by atoms with Gasteiger partial charge in [-0.25, -0.2) is 0 Å². The molecule has 1 unspecified atom stereocenters. The van der Waals surface area contributed by atoms with Crippen molar-refractivity contribution in [3.63, 3.8) is 0 Å². The predicted molar refractivity (Wildman–Crippen MR) is 51.4 cm³/mol. The third-order valence-corrected chi connectivity index (χ3v) is 2.55. The lowest BCUT2D eigenvalue weighted by Gasteiger charge is -2.32. The molecule has 1 saturated heterocycles. The van der Waals surface area contributed by atoms with E-state index in [0.717, 1.165) is 19.7 Å². The van der Waals surface area contributed by atoms with Crippen molar-refractivity contribution in [2.75, 3.05) is 26.2 Å². The average molecular weight is 171 g/mol. The molecule has 72 valence electrons. The molecule has 1 heterocycles. The number of morpholine rings is 1. The molecular weight excluding hydrogens is 150 g/mol. The molecular formula is C10H21NO. The first-order valence-corrected chi connectivity index (χ1v) is 5.20. The Morgan fingerprint density at radius 1 is 1.42 bits per heavy atom. The molecule has 2 nitrogen and oxygen atoms in total. The fraction of sp³-hybridized carbons (Fsp3) is 1.00. The SMILES string of the molecule is CCCCC1CN(CC)CCO1. The minimum Gasteiger partial charge on any atom is -0.376 e. The molecule has 0 radical (unpaired) electrons. The summed E-state index contributed by atoms with van der Waals surface area (Å²) in [5.41, 5.74) is 0. The van der Waals surface area contributed by atoms with Crippen molar-refractivity contribution in [1.82, 2.24) is 4.90 Å². The van der Waals surface area contributed by atoms with E-state index in [0.29, 0.717) is 6.10 Å². The molecule has 0 aromatic heterocycles. The zero-order valence-electron chi connectivity index (χ0n) is 8.38.